The minimum Gasteiger partial charge on any atom is -0.462 e. The summed E-state index contributed by atoms with van der Waals surface area (Å²) in [6.07, 6.45) is 14.8. The molecule has 1 N–H and O–H groups in total. The molecule has 0 aliphatic carbocycles. The van der Waals surface area contributed by atoms with Crippen LogP contribution in [0, 0.1) is 0 Å². The summed E-state index contributed by atoms with van der Waals surface area (Å²) in [4.78, 5) is 13.0. The molecule has 194 valence electrons. The molecule has 0 aromatic heterocycles. The van der Waals surface area contributed by atoms with Crippen molar-refractivity contribution in [3.63, 3.8) is 0 Å². The minimum atomic E-state index is -0.770. The van der Waals surface area contributed by atoms with Crippen molar-refractivity contribution >= 4 is 45.2 Å². The van der Waals surface area contributed by atoms with Gasteiger partial charge in [-0.05, 0) is 43.4 Å². The molecule has 2 atom stereocenters. The first-order chi connectivity index (χ1) is 16.5. The zero-order chi connectivity index (χ0) is 25.1. The Hall–Kier alpha value is -0.560. The quantitative estimate of drug-likeness (QED) is 0.111. The van der Waals surface area contributed by atoms with E-state index in [1.165, 1.54) is 75.1 Å². The van der Waals surface area contributed by atoms with Crippen molar-refractivity contribution in [1.29, 1.82) is 0 Å². The Bertz CT molecular complexity index is 668. The van der Waals surface area contributed by atoms with E-state index < -0.39 is 4.75 Å². The lowest BCUT2D eigenvalue weighted by atomic mass is 9.87. The van der Waals surface area contributed by atoms with Gasteiger partial charge in [-0.25, -0.2) is 0 Å². The fraction of sp³-hybridized carbons (Fsp3) is 0.714. The predicted molar refractivity (Wildman–Crippen MR) is 155 cm³/mol. The molecule has 0 saturated carbocycles. The Kier molecular flexibility index (Phi) is 18.1. The molecule has 34 heavy (non-hydrogen) atoms. The van der Waals surface area contributed by atoms with Crippen LogP contribution in [0.15, 0.2) is 30.3 Å². The second-order valence-electron chi connectivity index (χ2n) is 9.19. The van der Waals surface area contributed by atoms with Gasteiger partial charge in [0.15, 0.2) is 0 Å². The SMILES string of the molecule is CCCCCCCCCCCCSC(=S)SC(C)(CC(CC)c1ccccc1)C(=O)OCCO. The van der Waals surface area contributed by atoms with Gasteiger partial charge in [0.05, 0.1) is 6.61 Å². The number of hydrogen-bond donors (Lipinski definition) is 1. The molecule has 2 unspecified atom stereocenters. The topological polar surface area (TPSA) is 46.5 Å². The molecule has 0 heterocycles. The summed E-state index contributed by atoms with van der Waals surface area (Å²) in [6, 6.07) is 10.3. The van der Waals surface area contributed by atoms with Crippen LogP contribution < -0.4 is 0 Å². The Morgan fingerprint density at radius 3 is 2.15 bits per heavy atom. The summed E-state index contributed by atoms with van der Waals surface area (Å²) in [7, 11) is 0. The van der Waals surface area contributed by atoms with Crippen LogP contribution in [0.25, 0.3) is 0 Å². The lowest BCUT2D eigenvalue weighted by Gasteiger charge is -2.30. The van der Waals surface area contributed by atoms with Crippen LogP contribution in [-0.4, -0.2) is 38.3 Å². The van der Waals surface area contributed by atoms with Crippen LogP contribution in [-0.2, 0) is 9.53 Å². The summed E-state index contributed by atoms with van der Waals surface area (Å²) in [5.41, 5.74) is 1.23. The molecule has 0 bridgehead atoms. The monoisotopic (exact) mass is 526 g/mol. The molecule has 0 fully saturated rings. The Labute approximate surface area is 222 Å². The average molecular weight is 527 g/mol. The third kappa shape index (κ3) is 13.5. The highest BCUT2D eigenvalue weighted by atomic mass is 32.2. The van der Waals surface area contributed by atoms with E-state index >= 15 is 0 Å². The van der Waals surface area contributed by atoms with E-state index in [0.29, 0.717) is 6.42 Å². The molecule has 1 aromatic rings. The number of rotatable bonds is 19. The average Bonchev–Trinajstić information content (AvgIpc) is 2.84. The maximum atomic E-state index is 13.0. The van der Waals surface area contributed by atoms with Crippen LogP contribution in [0.2, 0.25) is 0 Å². The minimum absolute atomic E-state index is 0.0234. The number of aliphatic hydroxyl groups excluding tert-OH is 1. The number of hydrogen-bond acceptors (Lipinski definition) is 6. The fourth-order valence-electron chi connectivity index (χ4n) is 4.11. The van der Waals surface area contributed by atoms with Gasteiger partial charge in [0.25, 0.3) is 0 Å². The number of aliphatic hydroxyl groups is 1. The van der Waals surface area contributed by atoms with Gasteiger partial charge in [-0.15, -0.1) is 11.8 Å². The summed E-state index contributed by atoms with van der Waals surface area (Å²) < 4.78 is 5.41. The first-order valence-electron chi connectivity index (χ1n) is 13.2. The molecular formula is C28H46O3S3. The highest BCUT2D eigenvalue weighted by Gasteiger charge is 2.39. The Morgan fingerprint density at radius 1 is 1.00 bits per heavy atom. The number of carbonyl (C=O) groups excluding carboxylic acids is 1. The van der Waals surface area contributed by atoms with Crippen molar-refractivity contribution in [3.05, 3.63) is 35.9 Å². The van der Waals surface area contributed by atoms with Crippen LogP contribution in [0.5, 0.6) is 0 Å². The Morgan fingerprint density at radius 2 is 1.59 bits per heavy atom. The molecule has 0 spiro atoms. The third-order valence-electron chi connectivity index (χ3n) is 6.18. The van der Waals surface area contributed by atoms with Crippen molar-refractivity contribution in [1.82, 2.24) is 0 Å². The number of thiocarbonyl (C=S) groups is 1. The second kappa shape index (κ2) is 19.6. The number of unbranched alkanes of at least 4 members (excludes halogenated alkanes) is 9. The van der Waals surface area contributed by atoms with Gasteiger partial charge in [-0.1, -0.05) is 126 Å². The molecule has 1 rings (SSSR count). The van der Waals surface area contributed by atoms with E-state index in [4.69, 9.17) is 22.1 Å². The molecule has 0 amide bonds. The largest absolute Gasteiger partial charge is 0.462 e. The summed E-state index contributed by atoms with van der Waals surface area (Å²) >= 11 is 8.83. The normalized spacial score (nSPS) is 13.9. The standard InChI is InChI=1S/C28H46O3S3/c1-4-6-7-8-9-10-11-12-13-17-22-33-27(32)34-28(3,26(30)31-21-20-29)23-24(5-2)25-18-15-14-16-19-25/h14-16,18-19,24,29H,4-13,17,20-23H2,1-3H3. The summed E-state index contributed by atoms with van der Waals surface area (Å²) in [6.45, 7) is 6.21. The first kappa shape index (κ1) is 31.5. The Balaban J connectivity index is 2.47. The van der Waals surface area contributed by atoms with Gasteiger partial charge in [0.1, 0.15) is 14.9 Å². The van der Waals surface area contributed by atoms with E-state index in [1.54, 1.807) is 11.8 Å². The number of carbonyl (C=O) groups is 1. The van der Waals surface area contributed by atoms with E-state index in [1.807, 2.05) is 25.1 Å². The molecular weight excluding hydrogens is 481 g/mol. The van der Waals surface area contributed by atoms with Crippen molar-refractivity contribution in [2.45, 2.75) is 108 Å². The number of ether oxygens (including phenoxy) is 1. The molecule has 0 saturated heterocycles. The summed E-state index contributed by atoms with van der Waals surface area (Å²) in [5, 5.41) is 9.12. The van der Waals surface area contributed by atoms with E-state index in [0.717, 1.165) is 22.1 Å². The van der Waals surface area contributed by atoms with Gasteiger partial charge in [-0.2, -0.15) is 0 Å². The third-order valence-corrected chi connectivity index (χ3v) is 9.07. The molecule has 3 nitrogen and oxygen atoms in total. The highest BCUT2D eigenvalue weighted by molar-refractivity contribution is 8.47. The lowest BCUT2D eigenvalue weighted by Crippen LogP contribution is -2.37. The second-order valence-corrected chi connectivity index (χ2v) is 13.0. The van der Waals surface area contributed by atoms with E-state index in [-0.39, 0.29) is 25.1 Å². The lowest BCUT2D eigenvalue weighted by molar-refractivity contribution is -0.147. The number of esters is 1. The summed E-state index contributed by atoms with van der Waals surface area (Å²) in [5.74, 6) is 0.956. The van der Waals surface area contributed by atoms with Crippen LogP contribution >= 0.6 is 35.7 Å². The van der Waals surface area contributed by atoms with Crippen LogP contribution in [0.1, 0.15) is 109 Å². The van der Waals surface area contributed by atoms with Gasteiger partial charge < -0.3 is 9.84 Å². The first-order valence-corrected chi connectivity index (χ1v) is 15.4. The molecule has 1 aromatic carbocycles. The van der Waals surface area contributed by atoms with E-state index in [9.17, 15) is 4.79 Å². The van der Waals surface area contributed by atoms with E-state index in [2.05, 4.69) is 26.0 Å². The molecule has 6 heteroatoms. The zero-order valence-electron chi connectivity index (χ0n) is 21.6. The smallest absolute Gasteiger partial charge is 0.322 e. The van der Waals surface area contributed by atoms with Gasteiger partial charge in [-0.3, -0.25) is 4.79 Å². The maximum Gasteiger partial charge on any atom is 0.322 e. The highest BCUT2D eigenvalue weighted by Crippen LogP contribution is 2.41. The molecule has 0 aliphatic heterocycles. The van der Waals surface area contributed by atoms with Crippen LogP contribution in [0.3, 0.4) is 0 Å². The number of benzene rings is 1. The van der Waals surface area contributed by atoms with Crippen molar-refractivity contribution in [2.75, 3.05) is 19.0 Å². The van der Waals surface area contributed by atoms with Crippen molar-refractivity contribution < 1.29 is 14.6 Å². The number of thioether (sulfide) groups is 2. The molecule has 0 aliphatic rings. The van der Waals surface area contributed by atoms with Gasteiger partial charge >= 0.3 is 5.97 Å². The molecule has 0 radical (unpaired) electrons. The van der Waals surface area contributed by atoms with Crippen molar-refractivity contribution in [2.24, 2.45) is 0 Å². The maximum absolute atomic E-state index is 13.0. The van der Waals surface area contributed by atoms with Gasteiger partial charge in [0, 0.05) is 0 Å². The van der Waals surface area contributed by atoms with Crippen LogP contribution in [0.4, 0.5) is 0 Å². The van der Waals surface area contributed by atoms with Gasteiger partial charge in [0.2, 0.25) is 0 Å². The predicted octanol–water partition coefficient (Wildman–Crippen LogP) is 8.54. The fourth-order valence-corrected chi connectivity index (χ4v) is 7.26. The van der Waals surface area contributed by atoms with Crippen molar-refractivity contribution in [3.8, 4) is 0 Å². The zero-order valence-corrected chi connectivity index (χ0v) is 24.0.